The van der Waals surface area contributed by atoms with Crippen LogP contribution in [0, 0.1) is 6.92 Å². The molecule has 2 aromatic carbocycles. The van der Waals surface area contributed by atoms with E-state index in [-0.39, 0.29) is 19.3 Å². The molecule has 3 amide bonds. The summed E-state index contributed by atoms with van der Waals surface area (Å²) >= 11 is 0. The predicted octanol–water partition coefficient (Wildman–Crippen LogP) is 3.92. The van der Waals surface area contributed by atoms with Gasteiger partial charge < -0.3 is 19.2 Å². The Bertz CT molecular complexity index is 1380. The molecule has 1 unspecified atom stereocenters. The topological polar surface area (TPSA) is 98.1 Å². The van der Waals surface area contributed by atoms with E-state index in [2.05, 4.69) is 19.2 Å². The lowest BCUT2D eigenvalue weighted by atomic mass is 9.91. The van der Waals surface area contributed by atoms with Gasteiger partial charge >= 0.3 is 11.7 Å². The Morgan fingerprint density at radius 2 is 1.82 bits per heavy atom. The lowest BCUT2D eigenvalue weighted by molar-refractivity contribution is -0.131. The maximum atomic E-state index is 13.5. The fourth-order valence-electron chi connectivity index (χ4n) is 4.56. The summed E-state index contributed by atoms with van der Waals surface area (Å²) in [6.07, 6.45) is 0. The normalized spacial score (nSPS) is 19.6. The Kier molecular flexibility index (Phi) is 4.70. The van der Waals surface area contributed by atoms with Crippen molar-refractivity contribution >= 4 is 22.9 Å². The Morgan fingerprint density at radius 3 is 2.58 bits per heavy atom. The summed E-state index contributed by atoms with van der Waals surface area (Å²) in [6.45, 7) is 7.86. The van der Waals surface area contributed by atoms with Gasteiger partial charge in [0.25, 0.3) is 5.91 Å². The number of urea groups is 1. The van der Waals surface area contributed by atoms with Crippen molar-refractivity contribution in [1.29, 1.82) is 0 Å². The summed E-state index contributed by atoms with van der Waals surface area (Å²) in [5, 5.41) is 3.51. The second-order valence-electron chi connectivity index (χ2n) is 8.96. The van der Waals surface area contributed by atoms with E-state index in [0.717, 1.165) is 16.0 Å². The van der Waals surface area contributed by atoms with Crippen molar-refractivity contribution in [1.82, 2.24) is 10.2 Å². The van der Waals surface area contributed by atoms with Crippen LogP contribution in [0.4, 0.5) is 4.79 Å². The van der Waals surface area contributed by atoms with Gasteiger partial charge in [-0.3, -0.25) is 9.69 Å². The highest BCUT2D eigenvalue weighted by Gasteiger charge is 2.49. The van der Waals surface area contributed by atoms with E-state index in [1.165, 1.54) is 6.07 Å². The van der Waals surface area contributed by atoms with Crippen LogP contribution in [0.3, 0.4) is 0 Å². The number of aryl methyl sites for hydroxylation is 1. The van der Waals surface area contributed by atoms with Crippen LogP contribution in [0.2, 0.25) is 0 Å². The molecule has 1 aromatic heterocycles. The molecule has 170 valence electrons. The summed E-state index contributed by atoms with van der Waals surface area (Å²) in [7, 11) is 0. The lowest BCUT2D eigenvalue weighted by Gasteiger charge is -2.22. The first-order valence-electron chi connectivity index (χ1n) is 10.8. The molecule has 1 fully saturated rings. The summed E-state index contributed by atoms with van der Waals surface area (Å²) in [5.41, 5.74) is 1.91. The van der Waals surface area contributed by atoms with Crippen LogP contribution in [0.25, 0.3) is 11.0 Å². The number of carbonyl (C=O) groups is 2. The highest BCUT2D eigenvalue weighted by atomic mass is 16.7. The number of amides is 3. The van der Waals surface area contributed by atoms with Crippen molar-refractivity contribution in [2.75, 3.05) is 6.79 Å². The van der Waals surface area contributed by atoms with Gasteiger partial charge in [-0.15, -0.1) is 0 Å². The van der Waals surface area contributed by atoms with Crippen molar-refractivity contribution in [3.63, 3.8) is 0 Å². The molecule has 1 atom stereocenters. The third kappa shape index (κ3) is 3.33. The van der Waals surface area contributed by atoms with Gasteiger partial charge in [-0.05, 0) is 66.3 Å². The molecular formula is C25H24N2O6. The van der Waals surface area contributed by atoms with Gasteiger partial charge in [0, 0.05) is 11.5 Å². The van der Waals surface area contributed by atoms with Gasteiger partial charge in [-0.2, -0.15) is 0 Å². The monoisotopic (exact) mass is 448 g/mol. The molecule has 0 spiro atoms. The van der Waals surface area contributed by atoms with Gasteiger partial charge in [0.05, 0.1) is 6.54 Å². The molecule has 0 radical (unpaired) electrons. The Labute approximate surface area is 190 Å². The molecule has 0 bridgehead atoms. The van der Waals surface area contributed by atoms with Gasteiger partial charge in [-0.25, -0.2) is 9.59 Å². The summed E-state index contributed by atoms with van der Waals surface area (Å²) in [6, 6.07) is 9.78. The zero-order valence-corrected chi connectivity index (χ0v) is 18.9. The van der Waals surface area contributed by atoms with Crippen molar-refractivity contribution in [3.05, 3.63) is 69.1 Å². The fourth-order valence-corrected chi connectivity index (χ4v) is 4.56. The van der Waals surface area contributed by atoms with Crippen LogP contribution in [0.5, 0.6) is 11.5 Å². The second kappa shape index (κ2) is 7.37. The molecule has 8 nitrogen and oxygen atoms in total. The van der Waals surface area contributed by atoms with Crippen LogP contribution >= 0.6 is 0 Å². The minimum Gasteiger partial charge on any atom is -0.454 e. The standard InChI is InChI=1S/C25H24N2O6/c1-13(2)17-10-18-15(8-22(28)33-20(18)7-14(17)3)11-27-23(29)25(4,26-24(27)30)16-5-6-19-21(9-16)32-12-31-19/h5-10,13H,11-12H2,1-4H3,(H,26,30). The number of rotatable bonds is 4. The summed E-state index contributed by atoms with van der Waals surface area (Å²) in [5.74, 6) is 0.969. The number of nitrogens with zero attached hydrogens (tertiary/aromatic N) is 1. The predicted molar refractivity (Wildman–Crippen MR) is 120 cm³/mol. The van der Waals surface area contributed by atoms with Crippen LogP contribution in [-0.4, -0.2) is 23.6 Å². The molecule has 33 heavy (non-hydrogen) atoms. The Balaban J connectivity index is 1.53. The van der Waals surface area contributed by atoms with Crippen LogP contribution in [0.1, 0.15) is 48.9 Å². The average Bonchev–Trinajstić information content (AvgIpc) is 3.31. The summed E-state index contributed by atoms with van der Waals surface area (Å²) in [4.78, 5) is 39.7. The smallest absolute Gasteiger partial charge is 0.336 e. The maximum absolute atomic E-state index is 13.5. The largest absolute Gasteiger partial charge is 0.454 e. The number of ether oxygens (including phenoxy) is 2. The number of hydrogen-bond acceptors (Lipinski definition) is 6. The Hall–Kier alpha value is -3.81. The minimum absolute atomic E-state index is 0.0481. The Morgan fingerprint density at radius 1 is 1.06 bits per heavy atom. The van der Waals surface area contributed by atoms with Gasteiger partial charge in [-0.1, -0.05) is 19.9 Å². The fraction of sp³-hybridized carbons (Fsp3) is 0.320. The lowest BCUT2D eigenvalue weighted by Crippen LogP contribution is -2.40. The van der Waals surface area contributed by atoms with Crippen LogP contribution in [-0.2, 0) is 16.9 Å². The van der Waals surface area contributed by atoms with Crippen molar-refractivity contribution in [2.45, 2.75) is 45.7 Å². The number of fused-ring (bicyclic) bond motifs is 2. The van der Waals surface area contributed by atoms with E-state index in [9.17, 15) is 14.4 Å². The molecule has 2 aliphatic heterocycles. The third-order valence-electron chi connectivity index (χ3n) is 6.39. The molecule has 1 saturated heterocycles. The molecule has 1 N–H and O–H groups in total. The minimum atomic E-state index is -1.27. The van der Waals surface area contributed by atoms with E-state index < -0.39 is 23.1 Å². The average molecular weight is 448 g/mol. The van der Waals surface area contributed by atoms with Gasteiger partial charge in [0.15, 0.2) is 11.5 Å². The number of imide groups is 1. The third-order valence-corrected chi connectivity index (χ3v) is 6.39. The molecule has 0 aliphatic carbocycles. The molecular weight excluding hydrogens is 424 g/mol. The van der Waals surface area contributed by atoms with Gasteiger partial charge in [0.2, 0.25) is 6.79 Å². The number of nitrogens with one attached hydrogen (secondary N) is 1. The van der Waals surface area contributed by atoms with E-state index in [4.69, 9.17) is 13.9 Å². The molecule has 5 rings (SSSR count). The van der Waals surface area contributed by atoms with E-state index in [0.29, 0.717) is 33.6 Å². The first-order chi connectivity index (χ1) is 15.7. The highest BCUT2D eigenvalue weighted by Crippen LogP contribution is 2.38. The molecule has 0 saturated carbocycles. The van der Waals surface area contributed by atoms with Crippen LogP contribution < -0.4 is 20.4 Å². The maximum Gasteiger partial charge on any atom is 0.336 e. The molecule has 3 heterocycles. The zero-order chi connectivity index (χ0) is 23.5. The quantitative estimate of drug-likeness (QED) is 0.480. The van der Waals surface area contributed by atoms with Crippen LogP contribution in [0.15, 0.2) is 45.6 Å². The first-order valence-corrected chi connectivity index (χ1v) is 10.8. The van der Waals surface area contributed by atoms with Crippen molar-refractivity contribution in [2.24, 2.45) is 0 Å². The molecule has 8 heteroatoms. The van der Waals surface area contributed by atoms with Crippen molar-refractivity contribution in [3.8, 4) is 11.5 Å². The number of hydrogen-bond donors (Lipinski definition) is 1. The highest BCUT2D eigenvalue weighted by molar-refractivity contribution is 6.07. The SMILES string of the molecule is Cc1cc2oc(=O)cc(CN3C(=O)NC(C)(c4ccc5c(c4)OCO5)C3=O)c2cc1C(C)C. The van der Waals surface area contributed by atoms with E-state index >= 15 is 0 Å². The van der Waals surface area contributed by atoms with E-state index in [1.807, 2.05) is 19.1 Å². The van der Waals surface area contributed by atoms with Crippen molar-refractivity contribution < 1.29 is 23.5 Å². The first kappa shape index (κ1) is 21.1. The zero-order valence-electron chi connectivity index (χ0n) is 18.9. The number of benzene rings is 2. The second-order valence-corrected chi connectivity index (χ2v) is 8.96. The molecule has 3 aromatic rings. The summed E-state index contributed by atoms with van der Waals surface area (Å²) < 4.78 is 16.2. The van der Waals surface area contributed by atoms with Gasteiger partial charge in [0.1, 0.15) is 11.1 Å². The molecule has 2 aliphatic rings. The number of carbonyl (C=O) groups excluding carboxylic acids is 2. The van der Waals surface area contributed by atoms with E-state index in [1.54, 1.807) is 25.1 Å².